The highest BCUT2D eigenvalue weighted by Crippen LogP contribution is 2.58. The Labute approximate surface area is 371 Å². The molecule has 0 bridgehead atoms. The summed E-state index contributed by atoms with van der Waals surface area (Å²) < 4.78 is 23.5. The average molecular weight is 939 g/mol. The number of fused-ring (bicyclic) bond motifs is 9. The number of esters is 3. The molecule has 1 fully saturated rings. The molecule has 3 heterocycles. The van der Waals surface area contributed by atoms with Gasteiger partial charge in [-0.1, -0.05) is 0 Å². The van der Waals surface area contributed by atoms with Crippen LogP contribution in [0.5, 0.6) is 92.0 Å². The Morgan fingerprint density at radius 2 is 0.970 bits per heavy atom. The first-order valence-corrected chi connectivity index (χ1v) is 19.2. The van der Waals surface area contributed by atoms with E-state index in [1.807, 2.05) is 0 Å². The van der Waals surface area contributed by atoms with Crippen LogP contribution >= 0.6 is 0 Å². The van der Waals surface area contributed by atoms with Gasteiger partial charge in [0, 0.05) is 35.2 Å². The van der Waals surface area contributed by atoms with E-state index in [4.69, 9.17) is 38.5 Å². The Bertz CT molecular complexity index is 2890. The molecule has 1 saturated heterocycles. The van der Waals surface area contributed by atoms with Crippen molar-refractivity contribution < 1.29 is 124 Å². The number of phenols is 14. The number of ether oxygens (including phenoxy) is 4. The number of aromatic hydroxyl groups is 14. The van der Waals surface area contributed by atoms with E-state index in [1.165, 1.54) is 6.92 Å². The van der Waals surface area contributed by atoms with Crippen molar-refractivity contribution >= 4 is 17.9 Å². The minimum absolute atomic E-state index is 0.0356. The highest BCUT2D eigenvalue weighted by Gasteiger charge is 2.53. The molecule has 3 aliphatic heterocycles. The first-order valence-electron chi connectivity index (χ1n) is 19.2. The monoisotopic (exact) mass is 938 g/mol. The van der Waals surface area contributed by atoms with E-state index in [0.29, 0.717) is 24.3 Å². The maximum absolute atomic E-state index is 14.5. The minimum atomic E-state index is -2.21. The van der Waals surface area contributed by atoms with Crippen molar-refractivity contribution in [3.8, 4) is 114 Å². The van der Waals surface area contributed by atoms with Gasteiger partial charge < -0.3 is 100 Å². The molecular weight excluding hydrogens is 904 g/mol. The molecule has 0 radical (unpaired) electrons. The van der Waals surface area contributed by atoms with Crippen LogP contribution in [0.1, 0.15) is 43.1 Å². The molecule has 25 heteroatoms. The number of hydrogen-bond donors (Lipinski definition) is 14. The zero-order chi connectivity index (χ0) is 48.5. The SMILES string of the molecule is Cc1c(O)cc(C(=O)OC2OC3CCOOc4cc(O)c(O)c(O)c4-c4c(cc(O)c(O)c4O)OOCC3C3OC(=O)c4cc(O)c(O)c(O)c4-c4c(cc(O)c(O)c4O)C(=O)OC23)cc1O. The van der Waals surface area contributed by atoms with Crippen LogP contribution in [0.4, 0.5) is 0 Å². The van der Waals surface area contributed by atoms with E-state index < -0.39 is 199 Å². The Morgan fingerprint density at radius 1 is 0.537 bits per heavy atom. The topological polar surface area (TPSA) is 408 Å². The van der Waals surface area contributed by atoms with Gasteiger partial charge in [-0.05, 0) is 31.2 Å². The summed E-state index contributed by atoms with van der Waals surface area (Å²) in [5, 5.41) is 149. The van der Waals surface area contributed by atoms with E-state index in [2.05, 4.69) is 0 Å². The number of hydrogen-bond acceptors (Lipinski definition) is 25. The summed E-state index contributed by atoms with van der Waals surface area (Å²) in [6, 6.07) is 4.22. The van der Waals surface area contributed by atoms with Gasteiger partial charge in [0.25, 0.3) is 0 Å². The lowest BCUT2D eigenvalue weighted by atomic mass is 9.86. The number of phenolic OH excluding ortho intramolecular Hbond substituents is 14. The summed E-state index contributed by atoms with van der Waals surface area (Å²) in [4.78, 5) is 64.3. The summed E-state index contributed by atoms with van der Waals surface area (Å²) in [7, 11) is 0. The van der Waals surface area contributed by atoms with Crippen molar-refractivity contribution in [1.82, 2.24) is 0 Å². The molecule has 0 amide bonds. The second-order valence-electron chi connectivity index (χ2n) is 15.0. The van der Waals surface area contributed by atoms with E-state index >= 15 is 0 Å². The Hall–Kier alpha value is -8.81. The number of carbonyl (C=O) groups excluding carboxylic acids is 3. The fourth-order valence-corrected chi connectivity index (χ4v) is 7.59. The van der Waals surface area contributed by atoms with Gasteiger partial charge in [0.1, 0.15) is 18.1 Å². The smallest absolute Gasteiger partial charge is 0.340 e. The van der Waals surface area contributed by atoms with Gasteiger partial charge in [0.15, 0.2) is 63.6 Å². The van der Waals surface area contributed by atoms with Crippen molar-refractivity contribution in [3.63, 3.8) is 0 Å². The summed E-state index contributed by atoms with van der Waals surface area (Å²) in [6.45, 7) is -0.196. The predicted molar refractivity (Wildman–Crippen MR) is 212 cm³/mol. The van der Waals surface area contributed by atoms with E-state index in [9.17, 15) is 85.9 Å². The largest absolute Gasteiger partial charge is 0.508 e. The van der Waals surface area contributed by atoms with Gasteiger partial charge >= 0.3 is 17.9 Å². The van der Waals surface area contributed by atoms with Gasteiger partial charge in [0.2, 0.25) is 35.4 Å². The predicted octanol–water partition coefficient (Wildman–Crippen LogP) is 3.19. The zero-order valence-electron chi connectivity index (χ0n) is 33.7. The Kier molecular flexibility index (Phi) is 11.1. The van der Waals surface area contributed by atoms with Gasteiger partial charge in [-0.3, -0.25) is 0 Å². The first-order chi connectivity index (χ1) is 31.7. The lowest BCUT2D eigenvalue weighted by Crippen LogP contribution is -2.60. The third kappa shape index (κ3) is 7.52. The van der Waals surface area contributed by atoms with E-state index in [0.717, 1.165) is 12.1 Å². The van der Waals surface area contributed by atoms with Crippen molar-refractivity contribution in [2.75, 3.05) is 13.2 Å². The summed E-state index contributed by atoms with van der Waals surface area (Å²) in [5.41, 5.74) is -5.80. The maximum atomic E-state index is 14.5. The fourth-order valence-electron chi connectivity index (χ4n) is 7.59. The van der Waals surface area contributed by atoms with Gasteiger partial charge in [-0.25, -0.2) is 14.4 Å². The summed E-state index contributed by atoms with van der Waals surface area (Å²) in [6.07, 6.45) is -8.39. The maximum Gasteiger partial charge on any atom is 0.340 e. The molecule has 5 atom stereocenters. The molecule has 5 unspecified atom stereocenters. The molecule has 8 rings (SSSR count). The second-order valence-corrected chi connectivity index (χ2v) is 15.0. The quantitative estimate of drug-likeness (QED) is 0.0523. The van der Waals surface area contributed by atoms with E-state index in [-0.39, 0.29) is 5.56 Å². The highest BCUT2D eigenvalue weighted by atomic mass is 17.2. The molecule has 0 aliphatic carbocycles. The number of benzene rings is 5. The molecule has 0 spiro atoms. The summed E-state index contributed by atoms with van der Waals surface area (Å²) >= 11 is 0. The van der Waals surface area contributed by atoms with Crippen LogP contribution in [-0.4, -0.2) is 127 Å². The lowest BCUT2D eigenvalue weighted by Gasteiger charge is -2.44. The zero-order valence-corrected chi connectivity index (χ0v) is 33.7. The van der Waals surface area contributed by atoms with Gasteiger partial charge in [0.05, 0.1) is 46.4 Å². The molecule has 25 nitrogen and oxygen atoms in total. The molecule has 352 valence electrons. The third-order valence-electron chi connectivity index (χ3n) is 11.0. The third-order valence-corrected chi connectivity index (χ3v) is 11.0. The molecular formula is C42H34O25. The molecule has 5 aromatic carbocycles. The van der Waals surface area contributed by atoms with Crippen molar-refractivity contribution in [2.45, 2.75) is 37.9 Å². The van der Waals surface area contributed by atoms with Crippen molar-refractivity contribution in [1.29, 1.82) is 0 Å². The molecule has 0 saturated carbocycles. The molecule has 67 heavy (non-hydrogen) atoms. The first kappa shape index (κ1) is 44.8. The molecule has 5 aromatic rings. The minimum Gasteiger partial charge on any atom is -0.508 e. The molecule has 3 aliphatic rings. The Morgan fingerprint density at radius 3 is 1.46 bits per heavy atom. The van der Waals surface area contributed by atoms with E-state index in [1.54, 1.807) is 0 Å². The fraction of sp³-hybridized carbons (Fsp3) is 0.214. The Balaban J connectivity index is 1.29. The van der Waals surface area contributed by atoms with Crippen LogP contribution in [-0.2, 0) is 28.7 Å². The standard InChI is InChI=1S/C42H34O25/c1-11-16(43)4-12(5-17(11)44)39(57)65-42-38-37(63-40(58)13-6-18(45)29(49)33(53)25(13)26-14(41(59)64-38)7-19(46)30(50)34(26)54)15-10-61-67-24-9-21(48)32(52)36(56)28(24)27-23(8-20(47)31(51)35(27)55)66-60-3-2-22(15)62-42/h4-9,15,22,37-38,42-56H,2-3,10H2,1H3. The average Bonchev–Trinajstić information content (AvgIpc) is 3.29. The van der Waals surface area contributed by atoms with Crippen LogP contribution in [0.15, 0.2) is 36.4 Å². The van der Waals surface area contributed by atoms with Crippen molar-refractivity contribution in [3.05, 3.63) is 58.7 Å². The second kappa shape index (κ2) is 16.6. The van der Waals surface area contributed by atoms with Crippen LogP contribution in [0, 0.1) is 12.8 Å². The normalized spacial score (nSPS) is 20.3. The van der Waals surface area contributed by atoms with Crippen LogP contribution in [0.25, 0.3) is 22.3 Å². The summed E-state index contributed by atoms with van der Waals surface area (Å²) in [5.74, 6) is -23.1. The van der Waals surface area contributed by atoms with Crippen LogP contribution in [0.2, 0.25) is 0 Å². The van der Waals surface area contributed by atoms with Gasteiger partial charge in [-0.15, -0.1) is 0 Å². The number of rotatable bonds is 2. The van der Waals surface area contributed by atoms with Crippen molar-refractivity contribution in [2.24, 2.45) is 5.92 Å². The number of carbonyl (C=O) groups is 3. The van der Waals surface area contributed by atoms with Gasteiger partial charge in [-0.2, -0.15) is 9.78 Å². The molecule has 0 aromatic heterocycles. The lowest BCUT2D eigenvalue weighted by molar-refractivity contribution is -0.299. The van der Waals surface area contributed by atoms with Crippen LogP contribution < -0.4 is 9.78 Å². The van der Waals surface area contributed by atoms with Crippen LogP contribution in [0.3, 0.4) is 0 Å². The highest BCUT2D eigenvalue weighted by molar-refractivity contribution is 6.08. The molecule has 14 N–H and O–H groups in total.